The molecule has 0 radical (unpaired) electrons. The Balaban J connectivity index is 1.89. The summed E-state index contributed by atoms with van der Waals surface area (Å²) in [4.78, 5) is 14.7. The number of hydrogen-bond acceptors (Lipinski definition) is 2. The Morgan fingerprint density at radius 1 is 1.13 bits per heavy atom. The van der Waals surface area contributed by atoms with Crippen molar-refractivity contribution in [2.24, 2.45) is 7.05 Å². The van der Waals surface area contributed by atoms with Crippen molar-refractivity contribution in [2.45, 2.75) is 13.1 Å². The minimum Gasteiger partial charge on any atom is -0.467 e. The van der Waals surface area contributed by atoms with Crippen molar-refractivity contribution in [1.82, 2.24) is 9.47 Å². The van der Waals surface area contributed by atoms with E-state index in [4.69, 9.17) is 16.0 Å². The average Bonchev–Trinajstić information content (AvgIpc) is 3.19. The number of halogens is 1. The van der Waals surface area contributed by atoms with Crippen molar-refractivity contribution >= 4 is 17.5 Å². The molecule has 0 fully saturated rings. The smallest absolute Gasteiger partial charge is 0.256 e. The van der Waals surface area contributed by atoms with Gasteiger partial charge in [0.05, 0.1) is 29.9 Å². The second-order valence-corrected chi connectivity index (χ2v) is 5.74. The highest BCUT2D eigenvalue weighted by atomic mass is 35.5. The molecule has 5 heteroatoms. The number of amides is 1. The van der Waals surface area contributed by atoms with Gasteiger partial charge in [0, 0.05) is 18.9 Å². The molecule has 0 saturated carbocycles. The standard InChI is InChI=1S/C18H17ClN2O2/c1-20-10-4-6-14(20)12-21(13-15-7-5-11-23-15)18(22)16-8-2-3-9-17(16)19/h2-11H,12-13H2,1H3. The van der Waals surface area contributed by atoms with Crippen LogP contribution >= 0.6 is 11.6 Å². The first-order valence-electron chi connectivity index (χ1n) is 7.31. The Bertz CT molecular complexity index is 793. The van der Waals surface area contributed by atoms with E-state index in [1.54, 1.807) is 23.3 Å². The number of rotatable bonds is 5. The molecule has 0 saturated heterocycles. The van der Waals surface area contributed by atoms with E-state index in [9.17, 15) is 4.79 Å². The van der Waals surface area contributed by atoms with E-state index in [1.165, 1.54) is 0 Å². The zero-order valence-corrected chi connectivity index (χ0v) is 13.5. The molecular weight excluding hydrogens is 312 g/mol. The third kappa shape index (κ3) is 3.48. The highest BCUT2D eigenvalue weighted by Crippen LogP contribution is 2.20. The maximum absolute atomic E-state index is 12.9. The maximum Gasteiger partial charge on any atom is 0.256 e. The Morgan fingerprint density at radius 2 is 1.96 bits per heavy atom. The second-order valence-electron chi connectivity index (χ2n) is 5.33. The zero-order valence-electron chi connectivity index (χ0n) is 12.8. The van der Waals surface area contributed by atoms with Crippen LogP contribution in [0.3, 0.4) is 0 Å². The van der Waals surface area contributed by atoms with Crippen molar-refractivity contribution < 1.29 is 9.21 Å². The predicted molar refractivity (Wildman–Crippen MR) is 89.2 cm³/mol. The summed E-state index contributed by atoms with van der Waals surface area (Å²) in [6.07, 6.45) is 3.57. The average molecular weight is 329 g/mol. The van der Waals surface area contributed by atoms with E-state index >= 15 is 0 Å². The van der Waals surface area contributed by atoms with E-state index < -0.39 is 0 Å². The van der Waals surface area contributed by atoms with Crippen LogP contribution in [0.25, 0.3) is 0 Å². The lowest BCUT2D eigenvalue weighted by Gasteiger charge is -2.22. The topological polar surface area (TPSA) is 38.4 Å². The summed E-state index contributed by atoms with van der Waals surface area (Å²) in [6.45, 7) is 0.872. The molecule has 0 spiro atoms. The molecule has 3 rings (SSSR count). The van der Waals surface area contributed by atoms with Gasteiger partial charge in [0.2, 0.25) is 0 Å². The van der Waals surface area contributed by atoms with Gasteiger partial charge in [0.1, 0.15) is 5.76 Å². The molecule has 0 aliphatic carbocycles. The Morgan fingerprint density at radius 3 is 2.61 bits per heavy atom. The third-order valence-corrected chi connectivity index (χ3v) is 4.05. The Labute approximate surface area is 139 Å². The van der Waals surface area contributed by atoms with Crippen LogP contribution in [-0.2, 0) is 20.1 Å². The van der Waals surface area contributed by atoms with E-state index in [1.807, 2.05) is 54.2 Å². The van der Waals surface area contributed by atoms with Crippen LogP contribution in [0.4, 0.5) is 0 Å². The second kappa shape index (κ2) is 6.75. The molecule has 1 aromatic carbocycles. The fraction of sp³-hybridized carbons (Fsp3) is 0.167. The van der Waals surface area contributed by atoms with Gasteiger partial charge in [-0.3, -0.25) is 4.79 Å². The summed E-state index contributed by atoms with van der Waals surface area (Å²) in [7, 11) is 1.96. The van der Waals surface area contributed by atoms with Gasteiger partial charge in [-0.25, -0.2) is 0 Å². The lowest BCUT2D eigenvalue weighted by molar-refractivity contribution is 0.0714. The number of benzene rings is 1. The Kier molecular flexibility index (Phi) is 4.53. The molecule has 0 bridgehead atoms. The number of aryl methyl sites for hydroxylation is 1. The summed E-state index contributed by atoms with van der Waals surface area (Å²) in [6, 6.07) is 14.7. The molecule has 3 aromatic rings. The van der Waals surface area contributed by atoms with Crippen molar-refractivity contribution in [3.8, 4) is 0 Å². The predicted octanol–water partition coefficient (Wildman–Crippen LogP) is 4.11. The molecule has 2 aromatic heterocycles. The SMILES string of the molecule is Cn1cccc1CN(Cc1ccco1)C(=O)c1ccccc1Cl. The summed E-state index contributed by atoms with van der Waals surface area (Å²) < 4.78 is 7.39. The van der Waals surface area contributed by atoms with Crippen LogP contribution in [0, 0.1) is 0 Å². The Hall–Kier alpha value is -2.46. The van der Waals surface area contributed by atoms with Crippen LogP contribution in [0.1, 0.15) is 21.8 Å². The lowest BCUT2D eigenvalue weighted by atomic mass is 10.2. The number of carbonyl (C=O) groups is 1. The van der Waals surface area contributed by atoms with Crippen LogP contribution in [0.2, 0.25) is 5.02 Å². The largest absolute Gasteiger partial charge is 0.467 e. The first kappa shape index (κ1) is 15.4. The minimum absolute atomic E-state index is 0.117. The first-order valence-corrected chi connectivity index (χ1v) is 7.69. The highest BCUT2D eigenvalue weighted by Gasteiger charge is 2.20. The molecule has 4 nitrogen and oxygen atoms in total. The molecule has 118 valence electrons. The molecule has 0 N–H and O–H groups in total. The van der Waals surface area contributed by atoms with Gasteiger partial charge in [-0.1, -0.05) is 23.7 Å². The lowest BCUT2D eigenvalue weighted by Crippen LogP contribution is -2.31. The van der Waals surface area contributed by atoms with Crippen LogP contribution in [0.15, 0.2) is 65.4 Å². The van der Waals surface area contributed by atoms with Crippen molar-refractivity contribution in [2.75, 3.05) is 0 Å². The summed E-state index contributed by atoms with van der Waals surface area (Å²) in [5, 5.41) is 0.453. The summed E-state index contributed by atoms with van der Waals surface area (Å²) in [5.41, 5.74) is 1.53. The van der Waals surface area contributed by atoms with Crippen molar-refractivity contribution in [3.05, 3.63) is 83.0 Å². The molecule has 0 atom stereocenters. The van der Waals surface area contributed by atoms with Gasteiger partial charge in [-0.15, -0.1) is 0 Å². The fourth-order valence-electron chi connectivity index (χ4n) is 2.45. The highest BCUT2D eigenvalue weighted by molar-refractivity contribution is 6.33. The van der Waals surface area contributed by atoms with Gasteiger partial charge in [-0.2, -0.15) is 0 Å². The number of furan rings is 1. The summed E-state index contributed by atoms with van der Waals surface area (Å²) in [5.74, 6) is 0.618. The minimum atomic E-state index is -0.117. The monoisotopic (exact) mass is 328 g/mol. The number of hydrogen-bond donors (Lipinski definition) is 0. The van der Waals surface area contributed by atoms with Gasteiger partial charge in [0.25, 0.3) is 5.91 Å². The first-order chi connectivity index (χ1) is 11.1. The molecular formula is C18H17ClN2O2. The molecule has 2 heterocycles. The fourth-order valence-corrected chi connectivity index (χ4v) is 2.67. The zero-order chi connectivity index (χ0) is 16.2. The van der Waals surface area contributed by atoms with Gasteiger partial charge in [-0.05, 0) is 36.4 Å². The quantitative estimate of drug-likeness (QED) is 0.706. The van der Waals surface area contributed by atoms with Gasteiger partial charge >= 0.3 is 0 Å². The maximum atomic E-state index is 12.9. The van der Waals surface area contributed by atoms with Gasteiger partial charge < -0.3 is 13.9 Å². The van der Waals surface area contributed by atoms with Crippen molar-refractivity contribution in [3.63, 3.8) is 0 Å². The van der Waals surface area contributed by atoms with Crippen LogP contribution in [0.5, 0.6) is 0 Å². The number of aromatic nitrogens is 1. The van der Waals surface area contributed by atoms with E-state index in [2.05, 4.69) is 0 Å². The molecule has 0 aliphatic rings. The van der Waals surface area contributed by atoms with E-state index in [-0.39, 0.29) is 5.91 Å². The van der Waals surface area contributed by atoms with Crippen LogP contribution in [-0.4, -0.2) is 15.4 Å². The van der Waals surface area contributed by atoms with Crippen LogP contribution < -0.4 is 0 Å². The molecule has 23 heavy (non-hydrogen) atoms. The molecule has 0 unspecified atom stereocenters. The summed E-state index contributed by atoms with van der Waals surface area (Å²) >= 11 is 6.18. The van der Waals surface area contributed by atoms with Gasteiger partial charge in [0.15, 0.2) is 0 Å². The third-order valence-electron chi connectivity index (χ3n) is 3.72. The van der Waals surface area contributed by atoms with E-state index in [0.717, 1.165) is 11.5 Å². The number of nitrogens with zero attached hydrogens (tertiary/aromatic N) is 2. The normalized spacial score (nSPS) is 10.7. The number of carbonyl (C=O) groups excluding carboxylic acids is 1. The van der Waals surface area contributed by atoms with Crippen molar-refractivity contribution in [1.29, 1.82) is 0 Å². The molecule has 0 aliphatic heterocycles. The van der Waals surface area contributed by atoms with E-state index in [0.29, 0.717) is 23.7 Å². The molecule has 1 amide bonds.